The van der Waals surface area contributed by atoms with Crippen LogP contribution in [0.2, 0.25) is 0 Å². The highest BCUT2D eigenvalue weighted by Crippen LogP contribution is 2.31. The van der Waals surface area contributed by atoms with E-state index in [1.807, 2.05) is 42.5 Å². The largest absolute Gasteiger partial charge is 0.289 e. The van der Waals surface area contributed by atoms with E-state index in [2.05, 4.69) is 26.0 Å². The Morgan fingerprint density at radius 3 is 1.02 bits per heavy atom. The lowest BCUT2D eigenvalue weighted by molar-refractivity contribution is 0.102. The van der Waals surface area contributed by atoms with Crippen LogP contribution in [0.4, 0.5) is 87.8 Å². The Morgan fingerprint density at radius 2 is 0.727 bits per heavy atom. The highest BCUT2D eigenvalue weighted by molar-refractivity contribution is 7.97. The van der Waals surface area contributed by atoms with Crippen LogP contribution in [0.5, 0.6) is 0 Å². The highest BCUT2D eigenvalue weighted by atomic mass is 32.2. The van der Waals surface area contributed by atoms with Crippen LogP contribution >= 0.6 is 0 Å². The van der Waals surface area contributed by atoms with Crippen molar-refractivity contribution in [3.05, 3.63) is 182 Å². The fourth-order valence-corrected chi connectivity index (χ4v) is 8.98. The molecule has 6 rings (SSSR count). The molecule has 0 fully saturated rings. The van der Waals surface area contributed by atoms with E-state index >= 15 is 35.1 Å². The predicted octanol–water partition coefficient (Wildman–Crippen LogP) is 9.53. The molecule has 2 nitrogen and oxygen atoms in total. The van der Waals surface area contributed by atoms with Crippen molar-refractivity contribution < 1.29 is 92.6 Å². The van der Waals surface area contributed by atoms with Gasteiger partial charge in [0.25, 0.3) is 0 Å². The third-order valence-electron chi connectivity index (χ3n) is 10.2. The van der Waals surface area contributed by atoms with Gasteiger partial charge in [0.2, 0.25) is 5.78 Å². The monoisotopic (exact) mass is 975 g/mol. The molecular weight excluding hydrogens is 957 g/mol. The molecule has 0 aliphatic carbocycles. The molecule has 6 aromatic carbocycles. The zero-order valence-corrected chi connectivity index (χ0v) is 33.2. The van der Waals surface area contributed by atoms with Gasteiger partial charge in [-0.1, -0.05) is 42.5 Å². The first kappa shape index (κ1) is 50.5. The van der Waals surface area contributed by atoms with E-state index in [1.165, 1.54) is 11.1 Å². The van der Waals surface area contributed by atoms with Crippen LogP contribution in [-0.2, 0) is 10.9 Å². The second-order valence-corrected chi connectivity index (χ2v) is 15.7. The molecule has 0 N–H and O–H groups in total. The molecule has 0 aliphatic rings. The lowest BCUT2D eigenvalue weighted by atomic mass is 9.12. The van der Waals surface area contributed by atoms with Crippen molar-refractivity contribution in [1.82, 2.24) is 0 Å². The number of hydrogen-bond acceptors (Lipinski definition) is 2. The van der Waals surface area contributed by atoms with Crippen molar-refractivity contribution in [3.63, 3.8) is 0 Å². The number of benzene rings is 6. The molecule has 0 amide bonds. The minimum absolute atomic E-state index is 0.107. The number of nitrogens with zero attached hydrogens (tertiary/aromatic N) is 1. The van der Waals surface area contributed by atoms with Crippen LogP contribution in [0.3, 0.4) is 0 Å². The molecular formula is C42H18BF20NOS. The Kier molecular flexibility index (Phi) is 14.6. The summed E-state index contributed by atoms with van der Waals surface area (Å²) in [6.07, 6.45) is -7.22. The van der Waals surface area contributed by atoms with Gasteiger partial charge in [-0.15, -0.1) is 21.9 Å². The number of ketones is 1. The van der Waals surface area contributed by atoms with E-state index in [1.54, 1.807) is 0 Å². The minimum atomic E-state index is -7.22. The lowest BCUT2D eigenvalue weighted by Gasteiger charge is -2.44. The summed E-state index contributed by atoms with van der Waals surface area (Å²) in [6, 6.07) is 17.6. The number of halogens is 20. The van der Waals surface area contributed by atoms with Gasteiger partial charge in [0.15, 0.2) is 86.2 Å². The zero-order chi connectivity index (χ0) is 49.6. The summed E-state index contributed by atoms with van der Waals surface area (Å²) in [7, 11) is -0.351. The van der Waals surface area contributed by atoms with Gasteiger partial charge in [-0.05, 0) is 25.5 Å². The molecule has 0 aliphatic heterocycles. The number of rotatable bonds is 9. The number of Topliss-reactive ketones (excluding diaryl/α,β-unsaturated/α-hetero) is 1. The van der Waals surface area contributed by atoms with Gasteiger partial charge >= 0.3 is 0 Å². The van der Waals surface area contributed by atoms with E-state index in [0.29, 0.717) is 11.5 Å². The molecule has 0 aromatic heterocycles. The first-order chi connectivity index (χ1) is 30.8. The van der Waals surface area contributed by atoms with Gasteiger partial charge in [-0.2, -0.15) is 5.26 Å². The summed E-state index contributed by atoms with van der Waals surface area (Å²) in [5.74, 6) is -70.5. The zero-order valence-electron chi connectivity index (χ0n) is 32.4. The molecule has 1 unspecified atom stereocenters. The van der Waals surface area contributed by atoms with Crippen molar-refractivity contribution in [2.75, 3.05) is 11.5 Å². The molecule has 24 heteroatoms. The fourth-order valence-electron chi connectivity index (χ4n) is 7.06. The molecule has 66 heavy (non-hydrogen) atoms. The van der Waals surface area contributed by atoms with Crippen LogP contribution in [0, 0.1) is 142 Å². The van der Waals surface area contributed by atoms with Crippen molar-refractivity contribution in [3.8, 4) is 6.07 Å². The second kappa shape index (κ2) is 19.1. The van der Waals surface area contributed by atoms with Crippen LogP contribution in [0.1, 0.15) is 21.5 Å². The van der Waals surface area contributed by atoms with Gasteiger partial charge in [0.05, 0.1) is 0 Å². The van der Waals surface area contributed by atoms with Crippen LogP contribution in [-0.4, -0.2) is 23.4 Å². The second-order valence-electron chi connectivity index (χ2n) is 13.7. The topological polar surface area (TPSA) is 40.9 Å². The van der Waals surface area contributed by atoms with Crippen molar-refractivity contribution in [1.29, 1.82) is 5.26 Å². The van der Waals surface area contributed by atoms with E-state index in [0.717, 1.165) is 10.5 Å². The van der Waals surface area contributed by atoms with Gasteiger partial charge < -0.3 is 0 Å². The van der Waals surface area contributed by atoms with Gasteiger partial charge in [0.1, 0.15) is 58.8 Å². The molecule has 0 saturated carbocycles. The normalized spacial score (nSPS) is 11.9. The quantitative estimate of drug-likeness (QED) is 0.0362. The van der Waals surface area contributed by atoms with Crippen LogP contribution in [0.25, 0.3) is 0 Å². The lowest BCUT2D eigenvalue weighted by Crippen LogP contribution is -2.81. The number of carbonyl (C=O) groups is 1. The first-order valence-corrected chi connectivity index (χ1v) is 19.3. The maximum absolute atomic E-state index is 15.4. The summed E-state index contributed by atoms with van der Waals surface area (Å²) in [4.78, 5) is 13.5. The van der Waals surface area contributed by atoms with Crippen molar-refractivity contribution in [2.45, 2.75) is 18.7 Å². The summed E-state index contributed by atoms with van der Waals surface area (Å²) >= 11 is 0. The molecule has 0 bridgehead atoms. The third-order valence-corrected chi connectivity index (χ3v) is 12.4. The first-order valence-electron chi connectivity index (χ1n) is 17.8. The molecule has 1 atom stereocenters. The number of nitriles is 1. The van der Waals surface area contributed by atoms with Crippen molar-refractivity contribution >= 4 is 44.7 Å². The Hall–Kier alpha value is -6.51. The molecule has 6 aromatic rings. The number of hydrogen-bond donors (Lipinski definition) is 0. The third kappa shape index (κ3) is 8.10. The Morgan fingerprint density at radius 1 is 0.439 bits per heavy atom. The average molecular weight is 975 g/mol. The molecule has 0 radical (unpaired) electrons. The predicted molar refractivity (Wildman–Crippen MR) is 197 cm³/mol. The van der Waals surface area contributed by atoms with Gasteiger partial charge in [-0.3, -0.25) is 4.79 Å². The Balaban J connectivity index is 0.000000324. The SMILES string of the molecule is Cc1cccc([S+](CC#N)CC(=O)c2ccccc2)c1C.Fc1c(F)c(F)c([B-](c2c(F)c(F)c(F)c(F)c2F)(c2c(F)c(F)c(F)c(F)c2F)c2c(F)c(F)c(F)c(F)c2F)c(F)c1F. The standard InChI is InChI=1S/C24BF20.C18H18NOS/c26-5-1(6(27)14(35)21(42)13(5)34)25(2-7(28)15(36)22(43)16(37)8(2)29,3-9(30)17(38)23(44)18(39)10(3)31)4-11(32)19(40)24(45)20(41)12(4)33;1-14-7-6-10-18(15(14)2)21(12-11-19)13-17(20)16-8-4-3-5-9-16/h;3-10H,12-13H2,1-2H3/q-1;+1. The smallest absolute Gasteiger partial charge is 0.212 e. The minimum Gasteiger partial charge on any atom is -0.289 e. The highest BCUT2D eigenvalue weighted by Gasteiger charge is 2.52. The van der Waals surface area contributed by atoms with Crippen LogP contribution < -0.4 is 21.9 Å². The van der Waals surface area contributed by atoms with Gasteiger partial charge in [0, 0.05) is 22.0 Å². The maximum atomic E-state index is 15.4. The average Bonchev–Trinajstić information content (AvgIpc) is 3.30. The molecule has 346 valence electrons. The summed E-state index contributed by atoms with van der Waals surface area (Å²) in [5, 5.41) is 9.09. The van der Waals surface area contributed by atoms with Gasteiger partial charge in [-0.25, -0.2) is 87.8 Å². The maximum Gasteiger partial charge on any atom is 0.212 e. The number of carbonyl (C=O) groups excluding carboxylic acids is 1. The van der Waals surface area contributed by atoms with E-state index in [9.17, 15) is 57.5 Å². The molecule has 0 spiro atoms. The summed E-state index contributed by atoms with van der Waals surface area (Å²) in [6.45, 7) is 4.13. The summed E-state index contributed by atoms with van der Waals surface area (Å²) in [5.41, 5.74) is -11.2. The number of aryl methyl sites for hydroxylation is 1. The van der Waals surface area contributed by atoms with E-state index in [-0.39, 0.29) is 16.7 Å². The van der Waals surface area contributed by atoms with E-state index in [4.69, 9.17) is 5.26 Å². The van der Waals surface area contributed by atoms with E-state index < -0.39 is 144 Å². The Bertz CT molecular complexity index is 2620. The van der Waals surface area contributed by atoms with Crippen LogP contribution in [0.15, 0.2) is 53.4 Å². The molecule has 0 saturated heterocycles. The summed E-state index contributed by atoms with van der Waals surface area (Å²) < 4.78 is 294. The molecule has 0 heterocycles. The Labute approximate surface area is 360 Å². The van der Waals surface area contributed by atoms with Crippen molar-refractivity contribution in [2.24, 2.45) is 0 Å². The fraction of sp³-hybridized carbons (Fsp3) is 0.0952.